The number of benzene rings is 2. The first kappa shape index (κ1) is 21.7. The second-order valence-electron chi connectivity index (χ2n) is 7.98. The number of carbonyl (C=O) groups is 2. The third kappa shape index (κ3) is 4.15. The maximum atomic E-state index is 13.3. The fourth-order valence-corrected chi connectivity index (χ4v) is 3.63. The SMILES string of the molecule is Cc1ccc(C(=O)C2=C(O)C(=O)N(CC(O)CO)C2c2ccc(C(C)C)cc2)cc1. The van der Waals surface area contributed by atoms with E-state index in [1.807, 2.05) is 31.2 Å². The normalized spacial score (nSPS) is 17.7. The van der Waals surface area contributed by atoms with E-state index in [2.05, 4.69) is 13.8 Å². The van der Waals surface area contributed by atoms with Crippen molar-refractivity contribution in [1.29, 1.82) is 0 Å². The van der Waals surface area contributed by atoms with E-state index in [0.717, 1.165) is 11.1 Å². The van der Waals surface area contributed by atoms with Crippen LogP contribution < -0.4 is 0 Å². The number of carbonyl (C=O) groups excluding carboxylic acids is 2. The van der Waals surface area contributed by atoms with Crippen LogP contribution in [0, 0.1) is 6.92 Å². The van der Waals surface area contributed by atoms with Crippen LogP contribution in [0.5, 0.6) is 0 Å². The maximum Gasteiger partial charge on any atom is 0.290 e. The van der Waals surface area contributed by atoms with Crippen LogP contribution in [0.25, 0.3) is 0 Å². The highest BCUT2D eigenvalue weighted by molar-refractivity contribution is 6.16. The molecule has 6 nitrogen and oxygen atoms in total. The summed E-state index contributed by atoms with van der Waals surface area (Å²) >= 11 is 0. The van der Waals surface area contributed by atoms with E-state index >= 15 is 0 Å². The molecule has 2 aromatic rings. The average molecular weight is 409 g/mol. The lowest BCUT2D eigenvalue weighted by atomic mass is 9.91. The van der Waals surface area contributed by atoms with Crippen LogP contribution >= 0.6 is 0 Å². The molecule has 158 valence electrons. The smallest absolute Gasteiger partial charge is 0.290 e. The molecule has 30 heavy (non-hydrogen) atoms. The third-order valence-electron chi connectivity index (χ3n) is 5.40. The topological polar surface area (TPSA) is 98.1 Å². The van der Waals surface area contributed by atoms with Gasteiger partial charge in [-0.2, -0.15) is 0 Å². The van der Waals surface area contributed by atoms with Crippen LogP contribution in [-0.2, 0) is 4.79 Å². The lowest BCUT2D eigenvalue weighted by Gasteiger charge is -2.28. The molecule has 0 aliphatic carbocycles. The molecule has 2 aromatic carbocycles. The van der Waals surface area contributed by atoms with Gasteiger partial charge in [0, 0.05) is 5.56 Å². The molecule has 0 aromatic heterocycles. The second kappa shape index (κ2) is 8.81. The zero-order valence-corrected chi connectivity index (χ0v) is 17.4. The summed E-state index contributed by atoms with van der Waals surface area (Å²) in [6, 6.07) is 13.6. The summed E-state index contributed by atoms with van der Waals surface area (Å²) in [6.07, 6.45) is -1.19. The first-order valence-electron chi connectivity index (χ1n) is 9.98. The summed E-state index contributed by atoms with van der Waals surface area (Å²) < 4.78 is 0. The van der Waals surface area contributed by atoms with Crippen molar-refractivity contribution in [2.75, 3.05) is 13.2 Å². The Kier molecular flexibility index (Phi) is 6.39. The molecule has 0 radical (unpaired) electrons. The van der Waals surface area contributed by atoms with Gasteiger partial charge in [0.2, 0.25) is 0 Å². The summed E-state index contributed by atoms with van der Waals surface area (Å²) in [7, 11) is 0. The van der Waals surface area contributed by atoms with Gasteiger partial charge in [0.25, 0.3) is 5.91 Å². The minimum absolute atomic E-state index is 0.0220. The zero-order chi connectivity index (χ0) is 22.0. The van der Waals surface area contributed by atoms with E-state index in [-0.39, 0.29) is 12.1 Å². The summed E-state index contributed by atoms with van der Waals surface area (Å²) in [5.41, 5.74) is 3.08. The van der Waals surface area contributed by atoms with E-state index < -0.39 is 36.2 Å². The van der Waals surface area contributed by atoms with Gasteiger partial charge in [0.1, 0.15) is 0 Å². The first-order chi connectivity index (χ1) is 14.2. The second-order valence-corrected chi connectivity index (χ2v) is 7.98. The van der Waals surface area contributed by atoms with Gasteiger partial charge in [-0.1, -0.05) is 67.9 Å². The quantitative estimate of drug-likeness (QED) is 0.611. The minimum Gasteiger partial charge on any atom is -0.503 e. The highest BCUT2D eigenvalue weighted by atomic mass is 16.3. The molecule has 3 N–H and O–H groups in total. The lowest BCUT2D eigenvalue weighted by Crippen LogP contribution is -2.38. The predicted molar refractivity (Wildman–Crippen MR) is 113 cm³/mol. The van der Waals surface area contributed by atoms with Gasteiger partial charge in [-0.25, -0.2) is 0 Å². The Hall–Kier alpha value is -2.96. The predicted octanol–water partition coefficient (Wildman–Crippen LogP) is 3.05. The van der Waals surface area contributed by atoms with Crippen LogP contribution in [0.3, 0.4) is 0 Å². The van der Waals surface area contributed by atoms with Crippen LogP contribution in [0.1, 0.15) is 52.9 Å². The molecular weight excluding hydrogens is 382 g/mol. The highest BCUT2D eigenvalue weighted by Crippen LogP contribution is 2.39. The van der Waals surface area contributed by atoms with Gasteiger partial charge in [-0.05, 0) is 24.0 Å². The van der Waals surface area contributed by atoms with Crippen molar-refractivity contribution in [2.45, 2.75) is 38.8 Å². The molecule has 3 rings (SSSR count). The van der Waals surface area contributed by atoms with Crippen LogP contribution in [0.2, 0.25) is 0 Å². The molecule has 1 amide bonds. The van der Waals surface area contributed by atoms with Gasteiger partial charge in [0.15, 0.2) is 11.5 Å². The number of aryl methyl sites for hydroxylation is 1. The van der Waals surface area contributed by atoms with E-state index in [4.69, 9.17) is 0 Å². The number of Topliss-reactive ketones (excluding diaryl/α,β-unsaturated/α-hetero) is 1. The Morgan fingerprint density at radius 3 is 2.20 bits per heavy atom. The molecule has 1 heterocycles. The molecule has 2 unspecified atom stereocenters. The van der Waals surface area contributed by atoms with Crippen LogP contribution in [0.4, 0.5) is 0 Å². The van der Waals surface area contributed by atoms with Crippen molar-refractivity contribution in [3.05, 3.63) is 82.1 Å². The van der Waals surface area contributed by atoms with E-state index in [1.165, 1.54) is 4.90 Å². The van der Waals surface area contributed by atoms with Crippen LogP contribution in [0.15, 0.2) is 59.9 Å². The number of rotatable bonds is 7. The number of aliphatic hydroxyl groups is 3. The van der Waals surface area contributed by atoms with E-state index in [0.29, 0.717) is 17.0 Å². The number of hydrogen-bond acceptors (Lipinski definition) is 5. The standard InChI is InChI=1S/C24H27NO5/c1-14(2)16-8-10-17(11-9-16)21-20(22(28)18-6-4-15(3)5-7-18)23(29)24(30)25(21)12-19(27)13-26/h4-11,14,19,21,26-27,29H,12-13H2,1-3H3. The molecule has 6 heteroatoms. The van der Waals surface area contributed by atoms with E-state index in [1.54, 1.807) is 24.3 Å². The Bertz CT molecular complexity index is 960. The number of amides is 1. The summed E-state index contributed by atoms with van der Waals surface area (Å²) in [4.78, 5) is 27.3. The maximum absolute atomic E-state index is 13.3. The average Bonchev–Trinajstić information content (AvgIpc) is 2.98. The van der Waals surface area contributed by atoms with Crippen molar-refractivity contribution in [1.82, 2.24) is 4.90 Å². The highest BCUT2D eigenvalue weighted by Gasteiger charge is 2.44. The molecule has 1 aliphatic heterocycles. The first-order valence-corrected chi connectivity index (χ1v) is 9.98. The molecular formula is C24H27NO5. The number of nitrogens with zero attached hydrogens (tertiary/aromatic N) is 1. The van der Waals surface area contributed by atoms with Crippen LogP contribution in [-0.4, -0.2) is 51.2 Å². The van der Waals surface area contributed by atoms with Crippen molar-refractivity contribution in [3.63, 3.8) is 0 Å². The number of ketones is 1. The molecule has 0 spiro atoms. The Balaban J connectivity index is 2.07. The molecule has 0 bridgehead atoms. The largest absolute Gasteiger partial charge is 0.503 e. The number of hydrogen-bond donors (Lipinski definition) is 3. The van der Waals surface area contributed by atoms with Gasteiger partial charge in [-0.15, -0.1) is 0 Å². The fourth-order valence-electron chi connectivity index (χ4n) is 3.63. The number of β-amino-alcohol motifs (C(OH)–C–C–N with tert-alkyl or cyclic N) is 1. The molecule has 1 aliphatic rings. The molecule has 0 fully saturated rings. The zero-order valence-electron chi connectivity index (χ0n) is 17.4. The molecule has 2 atom stereocenters. The lowest BCUT2D eigenvalue weighted by molar-refractivity contribution is -0.131. The Labute approximate surface area is 176 Å². The minimum atomic E-state index is -1.19. The van der Waals surface area contributed by atoms with Gasteiger partial charge >= 0.3 is 0 Å². The van der Waals surface area contributed by atoms with Crippen molar-refractivity contribution in [3.8, 4) is 0 Å². The van der Waals surface area contributed by atoms with Gasteiger partial charge in [-0.3, -0.25) is 9.59 Å². The fraction of sp³-hybridized carbons (Fsp3) is 0.333. The molecule has 0 saturated carbocycles. The van der Waals surface area contributed by atoms with Crippen molar-refractivity contribution in [2.24, 2.45) is 0 Å². The van der Waals surface area contributed by atoms with Crippen molar-refractivity contribution < 1.29 is 24.9 Å². The molecule has 0 saturated heterocycles. The third-order valence-corrected chi connectivity index (χ3v) is 5.40. The Morgan fingerprint density at radius 2 is 1.67 bits per heavy atom. The van der Waals surface area contributed by atoms with E-state index in [9.17, 15) is 24.9 Å². The summed E-state index contributed by atoms with van der Waals surface area (Å²) in [5.74, 6) is -1.49. The summed E-state index contributed by atoms with van der Waals surface area (Å²) in [5, 5.41) is 29.8. The van der Waals surface area contributed by atoms with Gasteiger partial charge < -0.3 is 20.2 Å². The number of aliphatic hydroxyl groups excluding tert-OH is 3. The summed E-state index contributed by atoms with van der Waals surface area (Å²) in [6.45, 7) is 5.29. The monoisotopic (exact) mass is 409 g/mol. The van der Waals surface area contributed by atoms with Gasteiger partial charge in [0.05, 0.1) is 30.9 Å². The van der Waals surface area contributed by atoms with Crippen molar-refractivity contribution >= 4 is 11.7 Å². The Morgan fingerprint density at radius 1 is 1.07 bits per heavy atom.